The van der Waals surface area contributed by atoms with E-state index in [-0.39, 0.29) is 5.54 Å². The molecule has 5 nitrogen and oxygen atoms in total. The molecule has 0 bridgehead atoms. The maximum Gasteiger partial charge on any atom is 0.130 e. The highest BCUT2D eigenvalue weighted by molar-refractivity contribution is 5.52. The highest BCUT2D eigenvalue weighted by Crippen LogP contribution is 2.40. The molecule has 1 fully saturated rings. The second-order valence-corrected chi connectivity index (χ2v) is 4.19. The summed E-state index contributed by atoms with van der Waals surface area (Å²) in [7, 11) is 3.29. The molecule has 1 aromatic rings. The molecule has 1 heterocycles. The Kier molecular flexibility index (Phi) is 3.24. The van der Waals surface area contributed by atoms with E-state index in [1.807, 2.05) is 19.1 Å². The Morgan fingerprint density at radius 1 is 1.29 bits per heavy atom. The lowest BCUT2D eigenvalue weighted by Gasteiger charge is -2.42. The average Bonchev–Trinajstić information content (AvgIpc) is 2.29. The summed E-state index contributed by atoms with van der Waals surface area (Å²) in [5.74, 6) is 7.23. The van der Waals surface area contributed by atoms with Crippen LogP contribution >= 0.6 is 0 Å². The van der Waals surface area contributed by atoms with Gasteiger partial charge in [0, 0.05) is 11.1 Å². The SMILES string of the molecule is COc1ccc(C2(NN)COC2)c(OC)c1C. The van der Waals surface area contributed by atoms with Gasteiger partial charge in [0.15, 0.2) is 0 Å². The molecule has 94 valence electrons. The number of hydrazine groups is 1. The molecule has 0 radical (unpaired) electrons. The van der Waals surface area contributed by atoms with Crippen molar-refractivity contribution in [3.05, 3.63) is 23.3 Å². The van der Waals surface area contributed by atoms with Crippen LogP contribution in [0.25, 0.3) is 0 Å². The summed E-state index contributed by atoms with van der Waals surface area (Å²) in [6.07, 6.45) is 0. The molecule has 1 aliphatic heterocycles. The molecule has 1 aromatic carbocycles. The van der Waals surface area contributed by atoms with Gasteiger partial charge in [-0.15, -0.1) is 0 Å². The zero-order valence-corrected chi connectivity index (χ0v) is 10.4. The molecule has 0 amide bonds. The van der Waals surface area contributed by atoms with Gasteiger partial charge in [-0.3, -0.25) is 5.84 Å². The minimum Gasteiger partial charge on any atom is -0.496 e. The summed E-state index contributed by atoms with van der Waals surface area (Å²) in [5, 5.41) is 0. The molecular weight excluding hydrogens is 220 g/mol. The molecule has 0 aliphatic carbocycles. The summed E-state index contributed by atoms with van der Waals surface area (Å²) in [5.41, 5.74) is 4.45. The van der Waals surface area contributed by atoms with Crippen molar-refractivity contribution in [2.45, 2.75) is 12.5 Å². The van der Waals surface area contributed by atoms with Crippen molar-refractivity contribution in [2.75, 3.05) is 27.4 Å². The van der Waals surface area contributed by atoms with E-state index in [9.17, 15) is 0 Å². The lowest BCUT2D eigenvalue weighted by atomic mass is 9.86. The van der Waals surface area contributed by atoms with Gasteiger partial charge in [-0.25, -0.2) is 5.43 Å². The normalized spacial score (nSPS) is 17.4. The molecular formula is C12H18N2O3. The monoisotopic (exact) mass is 238 g/mol. The predicted molar refractivity (Wildman–Crippen MR) is 64.1 cm³/mol. The molecule has 17 heavy (non-hydrogen) atoms. The highest BCUT2D eigenvalue weighted by atomic mass is 16.5. The first-order valence-electron chi connectivity index (χ1n) is 5.46. The van der Waals surface area contributed by atoms with E-state index in [0.717, 1.165) is 22.6 Å². The van der Waals surface area contributed by atoms with Gasteiger partial charge >= 0.3 is 0 Å². The lowest BCUT2D eigenvalue weighted by Crippen LogP contribution is -2.60. The molecule has 2 rings (SSSR count). The fraction of sp³-hybridized carbons (Fsp3) is 0.500. The number of hydrogen-bond donors (Lipinski definition) is 2. The third-order valence-electron chi connectivity index (χ3n) is 3.27. The third-order valence-corrected chi connectivity index (χ3v) is 3.27. The van der Waals surface area contributed by atoms with Crippen LogP contribution in [0.4, 0.5) is 0 Å². The van der Waals surface area contributed by atoms with Crippen molar-refractivity contribution in [1.29, 1.82) is 0 Å². The van der Waals surface area contributed by atoms with Gasteiger partial charge < -0.3 is 14.2 Å². The topological polar surface area (TPSA) is 65.7 Å². The van der Waals surface area contributed by atoms with Crippen LogP contribution < -0.4 is 20.7 Å². The highest BCUT2D eigenvalue weighted by Gasteiger charge is 2.42. The summed E-state index contributed by atoms with van der Waals surface area (Å²) >= 11 is 0. The van der Waals surface area contributed by atoms with Crippen LogP contribution in [0.3, 0.4) is 0 Å². The zero-order chi connectivity index (χ0) is 12.5. The van der Waals surface area contributed by atoms with Gasteiger partial charge in [0.1, 0.15) is 17.0 Å². The predicted octanol–water partition coefficient (Wildman–Crippen LogP) is 0.701. The summed E-state index contributed by atoms with van der Waals surface area (Å²) in [6, 6.07) is 3.89. The average molecular weight is 238 g/mol. The molecule has 3 N–H and O–H groups in total. The molecule has 0 aromatic heterocycles. The molecule has 0 saturated carbocycles. The van der Waals surface area contributed by atoms with Gasteiger partial charge in [0.05, 0.1) is 27.4 Å². The number of hydrogen-bond acceptors (Lipinski definition) is 5. The van der Waals surface area contributed by atoms with E-state index >= 15 is 0 Å². The van der Waals surface area contributed by atoms with Crippen LogP contribution in [0.1, 0.15) is 11.1 Å². The first kappa shape index (κ1) is 12.2. The fourth-order valence-electron chi connectivity index (χ4n) is 2.16. The Bertz CT molecular complexity index is 411. The maximum atomic E-state index is 5.63. The largest absolute Gasteiger partial charge is 0.496 e. The van der Waals surface area contributed by atoms with Gasteiger partial charge in [0.2, 0.25) is 0 Å². The number of benzene rings is 1. The van der Waals surface area contributed by atoms with E-state index in [0.29, 0.717) is 13.2 Å². The van der Waals surface area contributed by atoms with Crippen LogP contribution in [-0.2, 0) is 10.3 Å². The van der Waals surface area contributed by atoms with Crippen molar-refractivity contribution in [1.82, 2.24) is 5.43 Å². The van der Waals surface area contributed by atoms with Crippen molar-refractivity contribution in [2.24, 2.45) is 5.84 Å². The Hall–Kier alpha value is -1.30. The first-order chi connectivity index (χ1) is 8.18. The van der Waals surface area contributed by atoms with Crippen LogP contribution in [-0.4, -0.2) is 27.4 Å². The van der Waals surface area contributed by atoms with Gasteiger partial charge in [-0.2, -0.15) is 0 Å². The number of ether oxygens (including phenoxy) is 3. The zero-order valence-electron chi connectivity index (χ0n) is 10.4. The second-order valence-electron chi connectivity index (χ2n) is 4.19. The Labute approximate surface area is 101 Å². The second kappa shape index (κ2) is 4.52. The van der Waals surface area contributed by atoms with Crippen molar-refractivity contribution in [3.8, 4) is 11.5 Å². The summed E-state index contributed by atoms with van der Waals surface area (Å²) in [4.78, 5) is 0. The molecule has 0 atom stereocenters. The van der Waals surface area contributed by atoms with Crippen molar-refractivity contribution < 1.29 is 14.2 Å². The smallest absolute Gasteiger partial charge is 0.130 e. The van der Waals surface area contributed by atoms with Gasteiger partial charge in [0.25, 0.3) is 0 Å². The Balaban J connectivity index is 2.51. The standard InChI is InChI=1S/C12H18N2O3/c1-8-10(15-2)5-4-9(11(8)16-3)12(14-13)6-17-7-12/h4-5,14H,6-7,13H2,1-3H3. The maximum absolute atomic E-state index is 5.63. The molecule has 5 heteroatoms. The van der Waals surface area contributed by atoms with Crippen molar-refractivity contribution >= 4 is 0 Å². The van der Waals surface area contributed by atoms with Gasteiger partial charge in [-0.05, 0) is 19.1 Å². The van der Waals surface area contributed by atoms with E-state index in [2.05, 4.69) is 5.43 Å². The number of nitrogens with two attached hydrogens (primary N) is 1. The minimum absolute atomic E-state index is 0.345. The number of methoxy groups -OCH3 is 2. The molecule has 1 aliphatic rings. The molecule has 0 unspecified atom stereocenters. The van der Waals surface area contributed by atoms with Crippen LogP contribution in [0.15, 0.2) is 12.1 Å². The number of rotatable bonds is 4. The van der Waals surface area contributed by atoms with E-state index in [1.54, 1.807) is 14.2 Å². The third kappa shape index (κ3) is 1.76. The van der Waals surface area contributed by atoms with Crippen LogP contribution in [0.2, 0.25) is 0 Å². The Morgan fingerprint density at radius 3 is 2.41 bits per heavy atom. The molecule has 0 spiro atoms. The Morgan fingerprint density at radius 2 is 2.00 bits per heavy atom. The van der Waals surface area contributed by atoms with Crippen LogP contribution in [0, 0.1) is 6.92 Å². The summed E-state index contributed by atoms with van der Waals surface area (Å²) < 4.78 is 16.0. The first-order valence-corrected chi connectivity index (χ1v) is 5.46. The summed E-state index contributed by atoms with van der Waals surface area (Å²) in [6.45, 7) is 3.06. The minimum atomic E-state index is -0.345. The van der Waals surface area contributed by atoms with E-state index in [4.69, 9.17) is 20.1 Å². The van der Waals surface area contributed by atoms with Gasteiger partial charge in [-0.1, -0.05) is 0 Å². The van der Waals surface area contributed by atoms with Crippen molar-refractivity contribution in [3.63, 3.8) is 0 Å². The lowest BCUT2D eigenvalue weighted by molar-refractivity contribution is -0.0796. The van der Waals surface area contributed by atoms with Crippen LogP contribution in [0.5, 0.6) is 11.5 Å². The number of nitrogens with one attached hydrogen (secondary N) is 1. The quantitative estimate of drug-likeness (QED) is 0.597. The van der Waals surface area contributed by atoms with E-state index in [1.165, 1.54) is 0 Å². The molecule has 1 saturated heterocycles. The van der Waals surface area contributed by atoms with E-state index < -0.39 is 0 Å². The fourth-order valence-corrected chi connectivity index (χ4v) is 2.16.